The average molecular weight is 475 g/mol. The van der Waals surface area contributed by atoms with E-state index in [9.17, 15) is 23.6 Å². The number of carbonyl (C=O) groups excluding carboxylic acids is 1. The Labute approximate surface area is 194 Å². The Balaban J connectivity index is 1.93. The lowest BCUT2D eigenvalue weighted by Crippen LogP contribution is -2.20. The minimum absolute atomic E-state index is 0.0307. The Kier molecular flexibility index (Phi) is 6.94. The van der Waals surface area contributed by atoms with Crippen molar-refractivity contribution in [3.8, 4) is 6.07 Å². The van der Waals surface area contributed by atoms with Gasteiger partial charge in [-0.05, 0) is 73.8 Å². The SMILES string of the molecule is CCc1nc(C(C)(C)O)sc1S(=O)(=O)CC(=O)Cc1c(C(C)C)cc(C#N)cc1C1CC1. The van der Waals surface area contributed by atoms with Crippen LogP contribution in [0.4, 0.5) is 0 Å². The number of carbonyl (C=O) groups is 1. The lowest BCUT2D eigenvalue weighted by molar-refractivity contribution is -0.116. The minimum atomic E-state index is -3.88. The molecule has 1 fully saturated rings. The monoisotopic (exact) mass is 474 g/mol. The second-order valence-corrected chi connectivity index (χ2v) is 12.5. The molecule has 2 aromatic rings. The third-order valence-electron chi connectivity index (χ3n) is 5.61. The van der Waals surface area contributed by atoms with Crippen molar-refractivity contribution in [3.63, 3.8) is 0 Å². The van der Waals surface area contributed by atoms with Crippen LogP contribution in [0.1, 0.15) is 92.3 Å². The van der Waals surface area contributed by atoms with Crippen LogP contribution in [0.5, 0.6) is 0 Å². The van der Waals surface area contributed by atoms with E-state index >= 15 is 0 Å². The molecule has 32 heavy (non-hydrogen) atoms. The molecule has 6 nitrogen and oxygen atoms in total. The van der Waals surface area contributed by atoms with Gasteiger partial charge in [0.25, 0.3) is 0 Å². The quantitative estimate of drug-likeness (QED) is 0.577. The molecule has 0 amide bonds. The zero-order valence-corrected chi connectivity index (χ0v) is 20.9. The van der Waals surface area contributed by atoms with Crippen LogP contribution in [0.15, 0.2) is 16.3 Å². The number of sulfone groups is 1. The molecule has 0 atom stereocenters. The molecular weight excluding hydrogens is 444 g/mol. The third kappa shape index (κ3) is 5.28. The number of aryl methyl sites for hydroxylation is 1. The standard InChI is InChI=1S/C24H30N2O4S2/c1-6-21-22(31-23(26-21)24(4,5)28)32(29,30)13-17(27)11-20-18(14(2)3)9-15(12-25)10-19(20)16-7-8-16/h9-10,14,16,28H,6-8,11,13H2,1-5H3. The van der Waals surface area contributed by atoms with Crippen molar-refractivity contribution in [2.45, 2.75) is 81.9 Å². The maximum Gasteiger partial charge on any atom is 0.196 e. The summed E-state index contributed by atoms with van der Waals surface area (Å²) in [6.45, 7) is 8.95. The lowest BCUT2D eigenvalue weighted by Gasteiger charge is -2.18. The maximum atomic E-state index is 13.1. The lowest BCUT2D eigenvalue weighted by atomic mass is 9.87. The first-order valence-corrected chi connectivity index (χ1v) is 13.4. The van der Waals surface area contributed by atoms with Gasteiger partial charge in [0.05, 0.1) is 17.3 Å². The predicted octanol–water partition coefficient (Wildman–Crippen LogP) is 4.39. The van der Waals surface area contributed by atoms with Gasteiger partial charge in [-0.1, -0.05) is 20.8 Å². The second kappa shape index (κ2) is 9.05. The summed E-state index contributed by atoms with van der Waals surface area (Å²) in [6, 6.07) is 5.88. The van der Waals surface area contributed by atoms with E-state index in [1.165, 1.54) is 0 Å². The van der Waals surface area contributed by atoms with Crippen LogP contribution in [0, 0.1) is 11.3 Å². The highest BCUT2D eigenvalue weighted by Crippen LogP contribution is 2.44. The van der Waals surface area contributed by atoms with E-state index in [0.717, 1.165) is 40.9 Å². The second-order valence-electron chi connectivity index (χ2n) is 9.31. The van der Waals surface area contributed by atoms with Crippen molar-refractivity contribution in [1.29, 1.82) is 5.26 Å². The van der Waals surface area contributed by atoms with E-state index in [-0.39, 0.29) is 22.3 Å². The third-order valence-corrected chi connectivity index (χ3v) is 9.33. The van der Waals surface area contributed by atoms with E-state index < -0.39 is 21.2 Å². The zero-order valence-electron chi connectivity index (χ0n) is 19.2. The summed E-state index contributed by atoms with van der Waals surface area (Å²) in [7, 11) is -3.88. The topological polar surface area (TPSA) is 108 Å². The smallest absolute Gasteiger partial charge is 0.196 e. The van der Waals surface area contributed by atoms with Gasteiger partial charge >= 0.3 is 0 Å². The molecule has 1 N–H and O–H groups in total. The van der Waals surface area contributed by atoms with E-state index in [1.807, 2.05) is 26.0 Å². The van der Waals surface area contributed by atoms with Crippen LogP contribution >= 0.6 is 11.3 Å². The molecule has 1 heterocycles. The molecule has 3 rings (SSSR count). The first kappa shape index (κ1) is 24.6. The summed E-state index contributed by atoms with van der Waals surface area (Å²) >= 11 is 0.940. The first-order valence-electron chi connectivity index (χ1n) is 10.9. The van der Waals surface area contributed by atoms with Crippen molar-refractivity contribution in [1.82, 2.24) is 4.98 Å². The van der Waals surface area contributed by atoms with Gasteiger partial charge in [0, 0.05) is 6.42 Å². The number of hydrogen-bond donors (Lipinski definition) is 1. The van der Waals surface area contributed by atoms with Gasteiger partial charge in [-0.2, -0.15) is 5.26 Å². The van der Waals surface area contributed by atoms with E-state index in [1.54, 1.807) is 20.8 Å². The Morgan fingerprint density at radius 1 is 1.34 bits per heavy atom. The van der Waals surface area contributed by atoms with Crippen LogP contribution in [0.3, 0.4) is 0 Å². The average Bonchev–Trinajstić information content (AvgIpc) is 3.42. The highest BCUT2D eigenvalue weighted by molar-refractivity contribution is 7.94. The summed E-state index contributed by atoms with van der Waals surface area (Å²) < 4.78 is 26.3. The van der Waals surface area contributed by atoms with Gasteiger partial charge in [0.1, 0.15) is 20.6 Å². The zero-order chi connectivity index (χ0) is 23.8. The molecule has 172 valence electrons. The van der Waals surface area contributed by atoms with E-state index in [0.29, 0.717) is 28.6 Å². The number of aromatic nitrogens is 1. The number of thiazole rings is 1. The van der Waals surface area contributed by atoms with E-state index in [2.05, 4.69) is 11.1 Å². The van der Waals surface area contributed by atoms with Gasteiger partial charge in [-0.25, -0.2) is 13.4 Å². The molecule has 0 spiro atoms. The molecule has 0 unspecified atom stereocenters. The Hall–Kier alpha value is -2.08. The number of benzene rings is 1. The van der Waals surface area contributed by atoms with Gasteiger partial charge < -0.3 is 5.11 Å². The van der Waals surface area contributed by atoms with Crippen molar-refractivity contribution < 1.29 is 18.3 Å². The van der Waals surface area contributed by atoms with Crippen molar-refractivity contribution >= 4 is 27.0 Å². The van der Waals surface area contributed by atoms with Crippen molar-refractivity contribution in [2.75, 3.05) is 5.75 Å². The van der Waals surface area contributed by atoms with Crippen molar-refractivity contribution in [3.05, 3.63) is 45.1 Å². The fraction of sp³-hybridized carbons (Fsp3) is 0.542. The van der Waals surface area contributed by atoms with Gasteiger partial charge in [-0.3, -0.25) is 4.79 Å². The molecule has 0 saturated heterocycles. The van der Waals surface area contributed by atoms with Crippen LogP contribution in [0.2, 0.25) is 0 Å². The van der Waals surface area contributed by atoms with E-state index in [4.69, 9.17) is 0 Å². The fourth-order valence-corrected chi connectivity index (χ4v) is 6.87. The van der Waals surface area contributed by atoms with Crippen molar-refractivity contribution in [2.24, 2.45) is 0 Å². The molecular formula is C24H30N2O4S2. The molecule has 1 saturated carbocycles. The number of hydrogen-bond acceptors (Lipinski definition) is 7. The predicted molar refractivity (Wildman–Crippen MR) is 125 cm³/mol. The summed E-state index contributed by atoms with van der Waals surface area (Å²) in [5.74, 6) is -0.529. The van der Waals surface area contributed by atoms with Crippen LogP contribution < -0.4 is 0 Å². The van der Waals surface area contributed by atoms with Crippen LogP contribution in [-0.4, -0.2) is 30.0 Å². The number of rotatable bonds is 9. The summed E-state index contributed by atoms with van der Waals surface area (Å²) in [6.07, 6.45) is 2.47. The Morgan fingerprint density at radius 3 is 2.50 bits per heavy atom. The molecule has 1 aliphatic rings. The maximum absolute atomic E-state index is 13.1. The highest BCUT2D eigenvalue weighted by Gasteiger charge is 2.32. The number of nitriles is 1. The van der Waals surface area contributed by atoms with Crippen LogP contribution in [0.25, 0.3) is 0 Å². The molecule has 0 bridgehead atoms. The fourth-order valence-electron chi connectivity index (χ4n) is 3.85. The molecule has 1 aliphatic carbocycles. The number of nitrogens with zero attached hydrogens (tertiary/aromatic N) is 2. The summed E-state index contributed by atoms with van der Waals surface area (Å²) in [5.41, 5.74) is 2.54. The minimum Gasteiger partial charge on any atom is -0.383 e. The number of Topliss-reactive ketones (excluding diaryl/α,β-unsaturated/α-hetero) is 1. The molecule has 8 heteroatoms. The molecule has 0 aliphatic heterocycles. The number of aliphatic hydroxyl groups is 1. The summed E-state index contributed by atoms with van der Waals surface area (Å²) in [4.78, 5) is 17.3. The molecule has 0 radical (unpaired) electrons. The molecule has 1 aromatic heterocycles. The van der Waals surface area contributed by atoms with Gasteiger partial charge in [-0.15, -0.1) is 11.3 Å². The van der Waals surface area contributed by atoms with Gasteiger partial charge in [0.15, 0.2) is 15.6 Å². The number of ketones is 1. The van der Waals surface area contributed by atoms with Gasteiger partial charge in [0.2, 0.25) is 0 Å². The molecule has 1 aromatic carbocycles. The highest BCUT2D eigenvalue weighted by atomic mass is 32.2. The first-order chi connectivity index (χ1) is 14.9. The Bertz CT molecular complexity index is 1150. The Morgan fingerprint density at radius 2 is 2.00 bits per heavy atom. The normalized spacial score (nSPS) is 14.6. The summed E-state index contributed by atoms with van der Waals surface area (Å²) in [5, 5.41) is 20.0. The van der Waals surface area contributed by atoms with Crippen LogP contribution in [-0.2, 0) is 33.1 Å². The largest absolute Gasteiger partial charge is 0.383 e.